The van der Waals surface area contributed by atoms with Gasteiger partial charge in [-0.1, -0.05) is 52.5 Å². The number of aromatic nitrogens is 2. The van der Waals surface area contributed by atoms with Crippen LogP contribution in [0.25, 0.3) is 5.57 Å². The molecule has 1 aliphatic heterocycles. The summed E-state index contributed by atoms with van der Waals surface area (Å²) in [5, 5.41) is 0. The molecule has 9 heteroatoms. The summed E-state index contributed by atoms with van der Waals surface area (Å²) >= 11 is 1.19. The molecule has 0 radical (unpaired) electrons. The lowest BCUT2D eigenvalue weighted by molar-refractivity contribution is -0.950. The van der Waals surface area contributed by atoms with Crippen molar-refractivity contribution in [3.8, 4) is 5.88 Å². The van der Waals surface area contributed by atoms with E-state index in [-0.39, 0.29) is 18.2 Å². The van der Waals surface area contributed by atoms with E-state index in [0.717, 1.165) is 62.9 Å². The van der Waals surface area contributed by atoms with E-state index in [1.807, 2.05) is 0 Å². The highest BCUT2D eigenvalue weighted by Gasteiger charge is 2.42. The molecule has 2 aliphatic rings. The highest BCUT2D eigenvalue weighted by molar-refractivity contribution is 6.99. The van der Waals surface area contributed by atoms with Crippen molar-refractivity contribution in [2.75, 3.05) is 41.0 Å². The lowest BCUT2D eigenvalue weighted by Crippen LogP contribution is -2.58. The third-order valence-corrected chi connectivity index (χ3v) is 7.29. The number of quaternary nitrogens is 1. The normalized spacial score (nSPS) is 21.2. The minimum Gasteiger partial charge on any atom is -0.475 e. The van der Waals surface area contributed by atoms with E-state index in [1.165, 1.54) is 37.4 Å². The molecule has 0 N–H and O–H groups in total. The van der Waals surface area contributed by atoms with Gasteiger partial charge in [0.2, 0.25) is 6.23 Å². The van der Waals surface area contributed by atoms with E-state index in [2.05, 4.69) is 47.4 Å². The van der Waals surface area contributed by atoms with Gasteiger partial charge >= 0.3 is 6.16 Å². The van der Waals surface area contributed by atoms with Crippen molar-refractivity contribution in [3.63, 3.8) is 0 Å². The topological polar surface area (TPSA) is 79.8 Å². The van der Waals surface area contributed by atoms with Crippen LogP contribution in [0.1, 0.15) is 90.7 Å². The molecule has 0 bridgehead atoms. The number of ether oxygens (including phenoxy) is 4. The summed E-state index contributed by atoms with van der Waals surface area (Å²) in [6, 6.07) is 0. The number of rotatable bonds is 11. The monoisotopic (exact) mass is 526 g/mol. The van der Waals surface area contributed by atoms with Gasteiger partial charge in [-0.2, -0.15) is 4.37 Å². The van der Waals surface area contributed by atoms with Crippen LogP contribution in [-0.4, -0.2) is 72.7 Å². The summed E-state index contributed by atoms with van der Waals surface area (Å²) < 4.78 is 31.5. The molecule has 8 nitrogen and oxygen atoms in total. The lowest BCUT2D eigenvalue weighted by Gasteiger charge is -2.44. The molecule has 1 fully saturated rings. The Balaban J connectivity index is 0.00000145. The third-order valence-electron chi connectivity index (χ3n) is 6.78. The van der Waals surface area contributed by atoms with E-state index in [1.54, 1.807) is 14.2 Å². The Kier molecular flexibility index (Phi) is 13.7. The maximum Gasteiger partial charge on any atom is 0.513 e. The Labute approximate surface area is 222 Å². The fourth-order valence-corrected chi connectivity index (χ4v) is 5.58. The van der Waals surface area contributed by atoms with Gasteiger partial charge in [-0.25, -0.2) is 4.79 Å². The molecule has 3 rings (SSSR count). The predicted molar refractivity (Wildman–Crippen MR) is 144 cm³/mol. The van der Waals surface area contributed by atoms with E-state index < -0.39 is 6.16 Å². The molecule has 1 aromatic heterocycles. The first-order chi connectivity index (χ1) is 17.3. The van der Waals surface area contributed by atoms with E-state index in [9.17, 15) is 4.79 Å². The van der Waals surface area contributed by atoms with Crippen molar-refractivity contribution < 1.29 is 28.2 Å². The SMILES string of the molecule is CCCCCCOc1nsnc1C1=CCC[N+](C)(C(OC(=O)OC2CCCCC2)C(C)C)C1.COC. The van der Waals surface area contributed by atoms with E-state index >= 15 is 0 Å². The lowest BCUT2D eigenvalue weighted by atomic mass is 9.98. The summed E-state index contributed by atoms with van der Waals surface area (Å²) in [7, 11) is 5.41. The van der Waals surface area contributed by atoms with Crippen molar-refractivity contribution >= 4 is 23.5 Å². The fourth-order valence-electron chi connectivity index (χ4n) is 5.05. The quantitative estimate of drug-likeness (QED) is 0.186. The summed E-state index contributed by atoms with van der Waals surface area (Å²) in [5.74, 6) is 0.797. The predicted octanol–water partition coefficient (Wildman–Crippen LogP) is 6.46. The van der Waals surface area contributed by atoms with Crippen molar-refractivity contribution in [2.24, 2.45) is 5.92 Å². The number of carbonyl (C=O) groups is 1. The number of methoxy groups -OCH3 is 1. The summed E-state index contributed by atoms with van der Waals surface area (Å²) in [6.45, 7) is 8.70. The largest absolute Gasteiger partial charge is 0.513 e. The van der Waals surface area contributed by atoms with E-state index in [0.29, 0.717) is 17.0 Å². The zero-order chi connectivity index (χ0) is 26.4. The first-order valence-corrected chi connectivity index (χ1v) is 14.3. The zero-order valence-corrected chi connectivity index (χ0v) is 24.1. The van der Waals surface area contributed by atoms with Crippen LogP contribution in [0.3, 0.4) is 0 Å². The fraction of sp³-hybridized carbons (Fsp3) is 0.815. The van der Waals surface area contributed by atoms with Crippen LogP contribution in [0.4, 0.5) is 4.79 Å². The number of likely N-dealkylation sites (N-methyl/N-ethyl adjacent to an activating group) is 1. The van der Waals surface area contributed by atoms with Gasteiger partial charge in [0.05, 0.1) is 31.9 Å². The average molecular weight is 527 g/mol. The molecule has 2 unspecified atom stereocenters. The first-order valence-electron chi connectivity index (χ1n) is 13.6. The first kappa shape index (κ1) is 30.5. The van der Waals surface area contributed by atoms with Crippen molar-refractivity contribution in [3.05, 3.63) is 11.8 Å². The van der Waals surface area contributed by atoms with Gasteiger partial charge in [0.1, 0.15) is 18.3 Å². The highest BCUT2D eigenvalue weighted by atomic mass is 32.1. The second kappa shape index (κ2) is 16.2. The smallest absolute Gasteiger partial charge is 0.475 e. The minimum atomic E-state index is -0.525. The Morgan fingerprint density at radius 2 is 1.86 bits per heavy atom. The average Bonchev–Trinajstić information content (AvgIpc) is 3.32. The van der Waals surface area contributed by atoms with Crippen molar-refractivity contribution in [1.82, 2.24) is 8.75 Å². The summed E-state index contributed by atoms with van der Waals surface area (Å²) in [4.78, 5) is 12.7. The molecular formula is C27H48N3O5S+. The molecule has 36 heavy (non-hydrogen) atoms. The Hall–Kier alpha value is -1.71. The second-order valence-electron chi connectivity index (χ2n) is 10.5. The molecule has 0 saturated heterocycles. The molecule has 0 aromatic carbocycles. The molecule has 0 amide bonds. The van der Waals surface area contributed by atoms with Crippen LogP contribution in [0.15, 0.2) is 6.08 Å². The van der Waals surface area contributed by atoms with Gasteiger partial charge in [-0.15, -0.1) is 4.37 Å². The minimum absolute atomic E-state index is 0.000653. The molecule has 1 aromatic rings. The van der Waals surface area contributed by atoms with E-state index in [4.69, 9.17) is 14.2 Å². The number of hydrogen-bond donors (Lipinski definition) is 0. The Morgan fingerprint density at radius 3 is 2.53 bits per heavy atom. The van der Waals surface area contributed by atoms with Crippen LogP contribution in [0.5, 0.6) is 5.88 Å². The highest BCUT2D eigenvalue weighted by Crippen LogP contribution is 2.33. The molecule has 1 saturated carbocycles. The maximum atomic E-state index is 12.7. The molecule has 1 aliphatic carbocycles. The standard InChI is InChI=1S/C25H42N3O4S.C2H6O/c1-5-6-7-11-17-30-23-22(26-33-27-23)20-13-12-16-28(4,18-20)24(19(2)3)32-25(29)31-21-14-9-8-10-15-21;1-3-2/h13,19,21,24H,5-12,14-18H2,1-4H3;1-2H3/q+1;. The van der Waals surface area contributed by atoms with Crippen LogP contribution >= 0.6 is 11.7 Å². The van der Waals surface area contributed by atoms with Gasteiger partial charge in [-0.05, 0) is 32.1 Å². The van der Waals surface area contributed by atoms with Gasteiger partial charge in [-0.3, -0.25) is 4.48 Å². The van der Waals surface area contributed by atoms with Crippen molar-refractivity contribution in [2.45, 2.75) is 97.3 Å². The molecular weight excluding hydrogens is 478 g/mol. The summed E-state index contributed by atoms with van der Waals surface area (Å²) in [6.07, 6.45) is 12.3. The van der Waals surface area contributed by atoms with Crippen LogP contribution < -0.4 is 4.74 Å². The Bertz CT molecular complexity index is 794. The van der Waals surface area contributed by atoms with Gasteiger partial charge in [0.25, 0.3) is 5.88 Å². The number of carbonyl (C=O) groups excluding carboxylic acids is 1. The maximum absolute atomic E-state index is 12.7. The van der Waals surface area contributed by atoms with Crippen LogP contribution in [-0.2, 0) is 14.2 Å². The van der Waals surface area contributed by atoms with Gasteiger partial charge < -0.3 is 18.9 Å². The molecule has 0 spiro atoms. The molecule has 206 valence electrons. The summed E-state index contributed by atoms with van der Waals surface area (Å²) in [5.41, 5.74) is 1.96. The number of nitrogens with zero attached hydrogens (tertiary/aromatic N) is 3. The zero-order valence-electron chi connectivity index (χ0n) is 23.3. The number of unbranched alkanes of at least 4 members (excludes halogenated alkanes) is 3. The van der Waals surface area contributed by atoms with Crippen LogP contribution in [0.2, 0.25) is 0 Å². The third kappa shape index (κ3) is 9.63. The number of hydrogen-bond acceptors (Lipinski definition) is 8. The van der Waals surface area contributed by atoms with Crippen LogP contribution in [0, 0.1) is 5.92 Å². The van der Waals surface area contributed by atoms with Gasteiger partial charge in [0.15, 0.2) is 0 Å². The Morgan fingerprint density at radius 1 is 1.14 bits per heavy atom. The van der Waals surface area contributed by atoms with Crippen molar-refractivity contribution in [1.29, 1.82) is 0 Å². The van der Waals surface area contributed by atoms with Gasteiger partial charge in [0, 0.05) is 32.1 Å². The molecule has 2 heterocycles. The second-order valence-corrected chi connectivity index (χ2v) is 11.0. The molecule has 2 atom stereocenters.